The molecular weight excluding hydrogens is 290 g/mol. The highest BCUT2D eigenvalue weighted by molar-refractivity contribution is 5.86. The van der Waals surface area contributed by atoms with Crippen LogP contribution >= 0.6 is 0 Å². The molecule has 0 atom stereocenters. The molecule has 0 radical (unpaired) electrons. The zero-order valence-electron chi connectivity index (χ0n) is 14.1. The normalized spacial score (nSPS) is 11.1. The molecule has 0 saturated carbocycles. The Morgan fingerprint density at radius 1 is 1.04 bits per heavy atom. The third kappa shape index (κ3) is 4.11. The molecule has 4 heteroatoms. The fraction of sp³-hybridized carbons (Fsp3) is 0.316. The van der Waals surface area contributed by atoms with Gasteiger partial charge in [0.05, 0.1) is 12.5 Å². The monoisotopic (exact) mass is 313 g/mol. The van der Waals surface area contributed by atoms with Gasteiger partial charge in [-0.25, -0.2) is 5.06 Å². The number of ether oxygens (including phenoxy) is 1. The third-order valence-corrected chi connectivity index (χ3v) is 3.92. The van der Waals surface area contributed by atoms with Crippen LogP contribution in [0, 0.1) is 0 Å². The average Bonchev–Trinajstić information content (AvgIpc) is 2.59. The Labute approximate surface area is 137 Å². The molecule has 2 rings (SSSR count). The maximum absolute atomic E-state index is 12.4. The van der Waals surface area contributed by atoms with Crippen molar-refractivity contribution in [2.75, 3.05) is 14.2 Å². The first-order valence-electron chi connectivity index (χ1n) is 7.54. The van der Waals surface area contributed by atoms with Crippen LogP contribution in [-0.4, -0.2) is 25.1 Å². The molecule has 0 saturated heterocycles. The van der Waals surface area contributed by atoms with E-state index < -0.39 is 5.41 Å². The van der Waals surface area contributed by atoms with Crippen molar-refractivity contribution in [3.8, 4) is 5.75 Å². The molecule has 23 heavy (non-hydrogen) atoms. The SMILES string of the molecule is CON(C)C(=O)C(C)(C)c1ccc(OCc2ccccc2)cc1. The largest absolute Gasteiger partial charge is 0.489 e. The number of benzene rings is 2. The Morgan fingerprint density at radius 3 is 2.22 bits per heavy atom. The Hall–Kier alpha value is -2.33. The molecule has 2 aromatic carbocycles. The molecule has 0 aromatic heterocycles. The predicted molar refractivity (Wildman–Crippen MR) is 90.0 cm³/mol. The van der Waals surface area contributed by atoms with Crippen LogP contribution in [0.25, 0.3) is 0 Å². The van der Waals surface area contributed by atoms with Gasteiger partial charge in [-0.2, -0.15) is 0 Å². The minimum atomic E-state index is -0.664. The van der Waals surface area contributed by atoms with Crippen LogP contribution in [-0.2, 0) is 21.7 Å². The number of rotatable bonds is 6. The first kappa shape index (κ1) is 17.0. The summed E-state index contributed by atoms with van der Waals surface area (Å²) in [7, 11) is 3.09. The number of hydroxylamine groups is 2. The van der Waals surface area contributed by atoms with Gasteiger partial charge in [0.15, 0.2) is 0 Å². The lowest BCUT2D eigenvalue weighted by molar-refractivity contribution is -0.174. The Kier molecular flexibility index (Phi) is 5.40. The van der Waals surface area contributed by atoms with Crippen LogP contribution in [0.15, 0.2) is 54.6 Å². The Bertz CT molecular complexity index is 635. The van der Waals surface area contributed by atoms with E-state index in [1.165, 1.54) is 12.2 Å². The molecule has 0 heterocycles. The van der Waals surface area contributed by atoms with Crippen molar-refractivity contribution in [1.29, 1.82) is 0 Å². The summed E-state index contributed by atoms with van der Waals surface area (Å²) in [5.41, 5.74) is 1.37. The lowest BCUT2D eigenvalue weighted by Gasteiger charge is -2.28. The summed E-state index contributed by atoms with van der Waals surface area (Å²) in [4.78, 5) is 17.4. The number of nitrogens with zero attached hydrogens (tertiary/aromatic N) is 1. The fourth-order valence-electron chi connectivity index (χ4n) is 2.31. The number of hydrogen-bond acceptors (Lipinski definition) is 3. The second-order valence-corrected chi connectivity index (χ2v) is 5.91. The summed E-state index contributed by atoms with van der Waals surface area (Å²) < 4.78 is 5.77. The van der Waals surface area contributed by atoms with E-state index in [4.69, 9.17) is 9.57 Å². The van der Waals surface area contributed by atoms with Crippen molar-refractivity contribution in [2.24, 2.45) is 0 Å². The highest BCUT2D eigenvalue weighted by Crippen LogP contribution is 2.27. The molecule has 122 valence electrons. The molecule has 0 aliphatic heterocycles. The minimum absolute atomic E-state index is 0.0991. The second kappa shape index (κ2) is 7.29. The predicted octanol–water partition coefficient (Wildman–Crippen LogP) is 3.56. The van der Waals surface area contributed by atoms with Crippen molar-refractivity contribution < 1.29 is 14.4 Å². The van der Waals surface area contributed by atoms with E-state index in [9.17, 15) is 4.79 Å². The second-order valence-electron chi connectivity index (χ2n) is 5.91. The van der Waals surface area contributed by atoms with Gasteiger partial charge < -0.3 is 4.74 Å². The third-order valence-electron chi connectivity index (χ3n) is 3.92. The zero-order chi connectivity index (χ0) is 16.9. The van der Waals surface area contributed by atoms with Crippen molar-refractivity contribution in [2.45, 2.75) is 25.9 Å². The quantitative estimate of drug-likeness (QED) is 0.765. The van der Waals surface area contributed by atoms with E-state index in [1.807, 2.05) is 68.4 Å². The summed E-state index contributed by atoms with van der Waals surface area (Å²) >= 11 is 0. The van der Waals surface area contributed by atoms with Gasteiger partial charge in [0.1, 0.15) is 12.4 Å². The van der Waals surface area contributed by atoms with Gasteiger partial charge in [-0.15, -0.1) is 0 Å². The summed E-state index contributed by atoms with van der Waals surface area (Å²) in [5.74, 6) is 0.680. The van der Waals surface area contributed by atoms with E-state index in [0.717, 1.165) is 16.9 Å². The van der Waals surface area contributed by atoms with E-state index >= 15 is 0 Å². The molecular formula is C19H23NO3. The van der Waals surface area contributed by atoms with Crippen LogP contribution in [0.3, 0.4) is 0 Å². The number of likely N-dealkylation sites (N-methyl/N-ethyl adjacent to an activating group) is 1. The van der Waals surface area contributed by atoms with E-state index in [0.29, 0.717) is 6.61 Å². The number of amides is 1. The van der Waals surface area contributed by atoms with Gasteiger partial charge in [0, 0.05) is 7.05 Å². The van der Waals surface area contributed by atoms with Crippen LogP contribution in [0.1, 0.15) is 25.0 Å². The lowest BCUT2D eigenvalue weighted by atomic mass is 9.83. The molecule has 0 N–H and O–H groups in total. The van der Waals surface area contributed by atoms with Gasteiger partial charge >= 0.3 is 0 Å². The molecule has 4 nitrogen and oxygen atoms in total. The highest BCUT2D eigenvalue weighted by atomic mass is 16.7. The van der Waals surface area contributed by atoms with Crippen molar-refractivity contribution in [1.82, 2.24) is 5.06 Å². The molecule has 0 unspecified atom stereocenters. The van der Waals surface area contributed by atoms with Crippen molar-refractivity contribution in [3.05, 3.63) is 65.7 Å². The summed E-state index contributed by atoms with van der Waals surface area (Å²) in [6.45, 7) is 4.28. The van der Waals surface area contributed by atoms with Gasteiger partial charge in [-0.1, -0.05) is 42.5 Å². The Balaban J connectivity index is 2.05. The smallest absolute Gasteiger partial charge is 0.255 e. The van der Waals surface area contributed by atoms with Gasteiger partial charge in [0.25, 0.3) is 5.91 Å². The number of carbonyl (C=O) groups excluding carboxylic acids is 1. The molecule has 0 aliphatic rings. The lowest BCUT2D eigenvalue weighted by Crippen LogP contribution is -2.40. The van der Waals surface area contributed by atoms with Crippen LogP contribution in [0.5, 0.6) is 5.75 Å². The standard InChI is InChI=1S/C19H23NO3/c1-19(2,18(21)20(3)22-4)16-10-12-17(13-11-16)23-14-15-8-6-5-7-9-15/h5-13H,14H2,1-4H3. The summed E-state index contributed by atoms with van der Waals surface area (Å²) in [6, 6.07) is 17.6. The summed E-state index contributed by atoms with van der Waals surface area (Å²) in [6.07, 6.45) is 0. The molecule has 0 bridgehead atoms. The van der Waals surface area contributed by atoms with E-state index in [2.05, 4.69) is 0 Å². The van der Waals surface area contributed by atoms with Gasteiger partial charge in [-0.3, -0.25) is 9.63 Å². The molecule has 1 amide bonds. The van der Waals surface area contributed by atoms with E-state index in [-0.39, 0.29) is 5.91 Å². The molecule has 0 aliphatic carbocycles. The first-order valence-corrected chi connectivity index (χ1v) is 7.54. The first-order chi connectivity index (χ1) is 10.9. The van der Waals surface area contributed by atoms with Crippen LogP contribution < -0.4 is 4.74 Å². The average molecular weight is 313 g/mol. The highest BCUT2D eigenvalue weighted by Gasteiger charge is 2.32. The maximum atomic E-state index is 12.4. The Morgan fingerprint density at radius 2 is 1.65 bits per heavy atom. The molecule has 0 spiro atoms. The van der Waals surface area contributed by atoms with Crippen molar-refractivity contribution in [3.63, 3.8) is 0 Å². The molecule has 0 fully saturated rings. The van der Waals surface area contributed by atoms with Crippen LogP contribution in [0.2, 0.25) is 0 Å². The minimum Gasteiger partial charge on any atom is -0.489 e. The van der Waals surface area contributed by atoms with Crippen LogP contribution in [0.4, 0.5) is 0 Å². The summed E-state index contributed by atoms with van der Waals surface area (Å²) in [5, 5.41) is 1.25. The number of carbonyl (C=O) groups is 1. The molecule has 2 aromatic rings. The van der Waals surface area contributed by atoms with Gasteiger partial charge in [-0.05, 0) is 37.1 Å². The maximum Gasteiger partial charge on any atom is 0.255 e. The fourth-order valence-corrected chi connectivity index (χ4v) is 2.31. The van der Waals surface area contributed by atoms with E-state index in [1.54, 1.807) is 7.05 Å². The topological polar surface area (TPSA) is 38.8 Å². The van der Waals surface area contributed by atoms with Gasteiger partial charge in [0.2, 0.25) is 0 Å². The zero-order valence-corrected chi connectivity index (χ0v) is 14.1. The van der Waals surface area contributed by atoms with Crippen molar-refractivity contribution >= 4 is 5.91 Å². The number of hydrogen-bond donors (Lipinski definition) is 0.